The SMILES string of the molecule is N[C@@H](Cc1cc(F)c(F)cc1I)C(=O)O. The van der Waals surface area contributed by atoms with Crippen molar-refractivity contribution in [3.05, 3.63) is 32.9 Å². The molecule has 0 amide bonds. The average molecular weight is 327 g/mol. The van der Waals surface area contributed by atoms with E-state index in [1.165, 1.54) is 0 Å². The zero-order valence-electron chi connectivity index (χ0n) is 7.51. The number of halogens is 3. The van der Waals surface area contributed by atoms with Crippen molar-refractivity contribution in [1.82, 2.24) is 0 Å². The van der Waals surface area contributed by atoms with Crippen molar-refractivity contribution < 1.29 is 18.7 Å². The van der Waals surface area contributed by atoms with Crippen LogP contribution < -0.4 is 5.73 Å². The summed E-state index contributed by atoms with van der Waals surface area (Å²) in [6.45, 7) is 0. The molecule has 0 bridgehead atoms. The maximum Gasteiger partial charge on any atom is 0.320 e. The zero-order chi connectivity index (χ0) is 11.6. The quantitative estimate of drug-likeness (QED) is 0.654. The van der Waals surface area contributed by atoms with Crippen molar-refractivity contribution in [2.45, 2.75) is 12.5 Å². The molecule has 0 aliphatic rings. The van der Waals surface area contributed by atoms with Crippen LogP contribution in [0.25, 0.3) is 0 Å². The van der Waals surface area contributed by atoms with Crippen molar-refractivity contribution in [2.24, 2.45) is 5.73 Å². The molecule has 0 radical (unpaired) electrons. The fourth-order valence-electron chi connectivity index (χ4n) is 1.04. The second kappa shape index (κ2) is 4.84. The van der Waals surface area contributed by atoms with Gasteiger partial charge >= 0.3 is 5.97 Å². The van der Waals surface area contributed by atoms with Crippen LogP contribution in [0, 0.1) is 15.2 Å². The van der Waals surface area contributed by atoms with Gasteiger partial charge < -0.3 is 10.8 Å². The molecule has 15 heavy (non-hydrogen) atoms. The largest absolute Gasteiger partial charge is 0.480 e. The maximum absolute atomic E-state index is 12.8. The Morgan fingerprint density at radius 3 is 2.53 bits per heavy atom. The Bertz CT molecular complexity index is 398. The summed E-state index contributed by atoms with van der Waals surface area (Å²) < 4.78 is 26.0. The number of carbonyl (C=O) groups is 1. The van der Waals surface area contributed by atoms with E-state index in [-0.39, 0.29) is 6.42 Å². The van der Waals surface area contributed by atoms with Gasteiger partial charge in [-0.3, -0.25) is 4.79 Å². The monoisotopic (exact) mass is 327 g/mol. The molecule has 3 N–H and O–H groups in total. The van der Waals surface area contributed by atoms with E-state index < -0.39 is 23.6 Å². The molecule has 0 saturated heterocycles. The third-order valence-electron chi connectivity index (χ3n) is 1.85. The Kier molecular flexibility index (Phi) is 3.97. The lowest BCUT2D eigenvalue weighted by Gasteiger charge is -2.08. The summed E-state index contributed by atoms with van der Waals surface area (Å²) >= 11 is 1.80. The lowest BCUT2D eigenvalue weighted by atomic mass is 10.1. The minimum atomic E-state index is -1.17. The smallest absolute Gasteiger partial charge is 0.320 e. The van der Waals surface area contributed by atoms with Gasteiger partial charge in [-0.1, -0.05) is 0 Å². The first-order valence-corrected chi connectivity index (χ1v) is 5.11. The number of carboxylic acid groups (broad SMARTS) is 1. The summed E-state index contributed by atoms with van der Waals surface area (Å²) in [6, 6.07) is 0.878. The first kappa shape index (κ1) is 12.3. The predicted molar refractivity (Wildman–Crippen MR) is 58.4 cm³/mol. The Balaban J connectivity index is 2.95. The van der Waals surface area contributed by atoms with Gasteiger partial charge in [-0.15, -0.1) is 0 Å². The van der Waals surface area contributed by atoms with E-state index in [1.54, 1.807) is 22.6 Å². The van der Waals surface area contributed by atoms with Gasteiger partial charge in [0.05, 0.1) is 0 Å². The van der Waals surface area contributed by atoms with Gasteiger partial charge in [0.1, 0.15) is 6.04 Å². The standard InChI is InChI=1S/C9H8F2INO2/c10-5-1-4(2-8(13)9(14)15)7(12)3-6(5)11/h1,3,8H,2,13H2,(H,14,15)/t8-/m0/s1. The summed E-state index contributed by atoms with van der Waals surface area (Å²) in [7, 11) is 0. The maximum atomic E-state index is 12.8. The van der Waals surface area contributed by atoms with Crippen LogP contribution in [0.1, 0.15) is 5.56 Å². The fourth-order valence-corrected chi connectivity index (χ4v) is 1.69. The Morgan fingerprint density at radius 2 is 2.00 bits per heavy atom. The molecule has 1 rings (SSSR count). The van der Waals surface area contributed by atoms with Crippen molar-refractivity contribution in [1.29, 1.82) is 0 Å². The third kappa shape index (κ3) is 3.10. The van der Waals surface area contributed by atoms with E-state index in [0.29, 0.717) is 9.13 Å². The van der Waals surface area contributed by atoms with Crippen molar-refractivity contribution in [3.63, 3.8) is 0 Å². The molecular formula is C9H8F2INO2. The van der Waals surface area contributed by atoms with Gasteiger partial charge in [0.2, 0.25) is 0 Å². The fraction of sp³-hybridized carbons (Fsp3) is 0.222. The van der Waals surface area contributed by atoms with Gasteiger partial charge in [-0.25, -0.2) is 8.78 Å². The molecule has 82 valence electrons. The normalized spacial score (nSPS) is 12.5. The molecule has 1 aromatic carbocycles. The van der Waals surface area contributed by atoms with Crippen LogP contribution in [-0.2, 0) is 11.2 Å². The van der Waals surface area contributed by atoms with Crippen molar-refractivity contribution >= 4 is 28.6 Å². The summed E-state index contributed by atoms with van der Waals surface area (Å²) in [4.78, 5) is 10.5. The molecule has 0 aliphatic heterocycles. The third-order valence-corrected chi connectivity index (χ3v) is 2.85. The second-order valence-corrected chi connectivity index (χ2v) is 4.17. The van der Waals surface area contributed by atoms with Gasteiger partial charge in [-0.05, 0) is 46.7 Å². The first-order chi connectivity index (χ1) is 6.91. The highest BCUT2D eigenvalue weighted by Crippen LogP contribution is 2.18. The average Bonchev–Trinajstić information content (AvgIpc) is 2.13. The summed E-state index contributed by atoms with van der Waals surface area (Å²) in [5, 5.41) is 8.56. The van der Waals surface area contributed by atoms with Crippen LogP contribution >= 0.6 is 22.6 Å². The molecule has 0 spiro atoms. The van der Waals surface area contributed by atoms with Crippen LogP contribution in [0.15, 0.2) is 12.1 Å². The molecule has 0 aromatic heterocycles. The minimum Gasteiger partial charge on any atom is -0.480 e. The van der Waals surface area contributed by atoms with Crippen LogP contribution in [0.4, 0.5) is 8.78 Å². The summed E-state index contributed by atoms with van der Waals surface area (Å²) in [5.74, 6) is -3.12. The van der Waals surface area contributed by atoms with E-state index in [4.69, 9.17) is 10.8 Å². The number of carboxylic acids is 1. The van der Waals surface area contributed by atoms with Crippen LogP contribution in [0.3, 0.4) is 0 Å². The highest BCUT2D eigenvalue weighted by Gasteiger charge is 2.15. The molecule has 0 unspecified atom stereocenters. The molecule has 3 nitrogen and oxygen atoms in total. The number of rotatable bonds is 3. The lowest BCUT2D eigenvalue weighted by molar-refractivity contribution is -0.138. The van der Waals surface area contributed by atoms with Crippen LogP contribution in [0.5, 0.6) is 0 Å². The minimum absolute atomic E-state index is 0.0230. The Labute approximate surface area is 98.4 Å². The topological polar surface area (TPSA) is 63.3 Å². The predicted octanol–water partition coefficient (Wildman–Crippen LogP) is 1.52. The summed E-state index contributed by atoms with van der Waals surface area (Å²) in [5.41, 5.74) is 5.68. The molecule has 1 atom stereocenters. The van der Waals surface area contributed by atoms with E-state index >= 15 is 0 Å². The highest BCUT2D eigenvalue weighted by atomic mass is 127. The molecule has 1 aromatic rings. The Hall–Kier alpha value is -0.760. The molecule has 0 fully saturated rings. The molecule has 0 heterocycles. The molecule has 6 heteroatoms. The number of hydrogen-bond donors (Lipinski definition) is 2. The van der Waals surface area contributed by atoms with E-state index in [1.807, 2.05) is 0 Å². The van der Waals surface area contributed by atoms with E-state index in [0.717, 1.165) is 12.1 Å². The van der Waals surface area contributed by atoms with Crippen LogP contribution in [0.2, 0.25) is 0 Å². The zero-order valence-corrected chi connectivity index (χ0v) is 9.66. The summed E-state index contributed by atoms with van der Waals surface area (Å²) in [6.07, 6.45) is -0.0230. The number of nitrogens with two attached hydrogens (primary N) is 1. The van der Waals surface area contributed by atoms with Crippen molar-refractivity contribution in [3.8, 4) is 0 Å². The molecule has 0 saturated carbocycles. The van der Waals surface area contributed by atoms with Crippen LogP contribution in [-0.4, -0.2) is 17.1 Å². The Morgan fingerprint density at radius 1 is 1.47 bits per heavy atom. The van der Waals surface area contributed by atoms with Gasteiger partial charge in [-0.2, -0.15) is 0 Å². The number of hydrogen-bond acceptors (Lipinski definition) is 2. The number of benzene rings is 1. The number of aliphatic carboxylic acids is 1. The van der Waals surface area contributed by atoms with Gasteiger partial charge in [0.25, 0.3) is 0 Å². The highest BCUT2D eigenvalue weighted by molar-refractivity contribution is 14.1. The van der Waals surface area contributed by atoms with Gasteiger partial charge in [0, 0.05) is 3.57 Å². The second-order valence-electron chi connectivity index (χ2n) is 3.01. The molecular weight excluding hydrogens is 319 g/mol. The molecule has 0 aliphatic carbocycles. The lowest BCUT2D eigenvalue weighted by Crippen LogP contribution is -2.32. The van der Waals surface area contributed by atoms with Gasteiger partial charge in [0.15, 0.2) is 11.6 Å². The van der Waals surface area contributed by atoms with E-state index in [2.05, 4.69) is 0 Å². The first-order valence-electron chi connectivity index (χ1n) is 4.03. The van der Waals surface area contributed by atoms with E-state index in [9.17, 15) is 13.6 Å². The van der Waals surface area contributed by atoms with Crippen molar-refractivity contribution in [2.75, 3.05) is 0 Å².